The number of likely N-dealkylation sites (N-methyl/N-ethyl adjacent to an activating group) is 1. The van der Waals surface area contributed by atoms with Crippen molar-refractivity contribution in [3.8, 4) is 0 Å². The molecule has 2 aromatic rings. The number of rotatable bonds is 8. The molecule has 1 unspecified atom stereocenters. The van der Waals surface area contributed by atoms with Gasteiger partial charge in [-0.25, -0.2) is 0 Å². The minimum atomic E-state index is 0.333. The Balaban J connectivity index is 1.70. The Bertz CT molecular complexity index is 610. The number of nitrogens with zero attached hydrogens (tertiary/aromatic N) is 2. The molecule has 1 atom stereocenters. The Morgan fingerprint density at radius 2 is 1.62 bits per heavy atom. The second kappa shape index (κ2) is 9.73. The molecule has 4 heteroatoms. The predicted octanol–water partition coefficient (Wildman–Crippen LogP) is 2.65. The summed E-state index contributed by atoms with van der Waals surface area (Å²) in [7, 11) is 2.12. The van der Waals surface area contributed by atoms with Crippen molar-refractivity contribution in [1.82, 2.24) is 10.2 Å². The summed E-state index contributed by atoms with van der Waals surface area (Å²) in [5.74, 6) is 0.519. The summed E-state index contributed by atoms with van der Waals surface area (Å²) in [6.45, 7) is 4.57. The smallest absolute Gasteiger partial charge is 0.188 e. The number of nitrogens with two attached hydrogens (primary N) is 1. The van der Waals surface area contributed by atoms with Crippen molar-refractivity contribution in [2.75, 3.05) is 20.1 Å². The van der Waals surface area contributed by atoms with Crippen LogP contribution in [0.25, 0.3) is 0 Å². The van der Waals surface area contributed by atoms with E-state index in [1.165, 1.54) is 11.1 Å². The largest absolute Gasteiger partial charge is 0.370 e. The molecular formula is C20H28N4. The standard InChI is InChI=1S/C20H28N4/c1-17(24(2)16-19-11-7-4-8-12-19)15-23-20(21)22-14-13-18-9-5-3-6-10-18/h3-12,17H,13-16H2,1-2H3,(H3,21,22,23). The van der Waals surface area contributed by atoms with Gasteiger partial charge < -0.3 is 11.1 Å². The van der Waals surface area contributed by atoms with Crippen molar-refractivity contribution >= 4 is 5.96 Å². The first-order valence-corrected chi connectivity index (χ1v) is 8.47. The number of nitrogens with one attached hydrogen (secondary N) is 1. The van der Waals surface area contributed by atoms with Crippen molar-refractivity contribution in [3.05, 3.63) is 71.8 Å². The number of benzene rings is 2. The highest BCUT2D eigenvalue weighted by Gasteiger charge is 2.09. The van der Waals surface area contributed by atoms with Crippen LogP contribution in [0.15, 0.2) is 65.7 Å². The maximum atomic E-state index is 5.96. The van der Waals surface area contributed by atoms with Crippen LogP contribution in [-0.2, 0) is 13.0 Å². The average Bonchev–Trinajstić information content (AvgIpc) is 2.61. The van der Waals surface area contributed by atoms with Crippen molar-refractivity contribution in [2.24, 2.45) is 10.7 Å². The molecule has 0 bridgehead atoms. The summed E-state index contributed by atoms with van der Waals surface area (Å²) in [5, 5.41) is 3.18. The number of hydrogen-bond donors (Lipinski definition) is 2. The van der Waals surface area contributed by atoms with Gasteiger partial charge in [-0.1, -0.05) is 60.7 Å². The van der Waals surface area contributed by atoms with Crippen LogP contribution in [0.2, 0.25) is 0 Å². The molecule has 0 spiro atoms. The topological polar surface area (TPSA) is 53.6 Å². The van der Waals surface area contributed by atoms with E-state index in [1.54, 1.807) is 0 Å². The van der Waals surface area contributed by atoms with E-state index in [1.807, 2.05) is 12.1 Å². The Morgan fingerprint density at radius 3 is 2.25 bits per heavy atom. The van der Waals surface area contributed by atoms with Crippen LogP contribution < -0.4 is 11.1 Å². The molecule has 24 heavy (non-hydrogen) atoms. The molecule has 2 rings (SSSR count). The monoisotopic (exact) mass is 324 g/mol. The van der Waals surface area contributed by atoms with Crippen LogP contribution in [0.4, 0.5) is 0 Å². The molecule has 3 N–H and O–H groups in total. The van der Waals surface area contributed by atoms with Crippen molar-refractivity contribution in [1.29, 1.82) is 0 Å². The first-order chi connectivity index (χ1) is 11.6. The summed E-state index contributed by atoms with van der Waals surface area (Å²) >= 11 is 0. The fourth-order valence-electron chi connectivity index (χ4n) is 2.43. The lowest BCUT2D eigenvalue weighted by Gasteiger charge is -2.23. The SMILES string of the molecule is CC(CN=C(N)NCCc1ccccc1)N(C)Cc1ccccc1. The molecule has 0 heterocycles. The van der Waals surface area contributed by atoms with Gasteiger partial charge in [-0.05, 0) is 31.5 Å². The first-order valence-electron chi connectivity index (χ1n) is 8.47. The third-order valence-corrected chi connectivity index (χ3v) is 4.12. The fraction of sp³-hybridized carbons (Fsp3) is 0.350. The molecule has 0 fully saturated rings. The van der Waals surface area contributed by atoms with Gasteiger partial charge in [0, 0.05) is 19.1 Å². The highest BCUT2D eigenvalue weighted by atomic mass is 15.2. The molecule has 2 aromatic carbocycles. The molecule has 0 amide bonds. The van der Waals surface area contributed by atoms with Gasteiger partial charge in [-0.2, -0.15) is 0 Å². The summed E-state index contributed by atoms with van der Waals surface area (Å²) in [6, 6.07) is 21.2. The van der Waals surface area contributed by atoms with Gasteiger partial charge in [-0.3, -0.25) is 9.89 Å². The van der Waals surface area contributed by atoms with Gasteiger partial charge in [0.2, 0.25) is 0 Å². The minimum Gasteiger partial charge on any atom is -0.370 e. The quantitative estimate of drug-likeness (QED) is 0.580. The third-order valence-electron chi connectivity index (χ3n) is 4.12. The number of guanidine groups is 1. The first kappa shape index (κ1) is 18.0. The summed E-state index contributed by atoms with van der Waals surface area (Å²) < 4.78 is 0. The van der Waals surface area contributed by atoms with Crippen LogP contribution in [0.1, 0.15) is 18.1 Å². The van der Waals surface area contributed by atoms with Crippen molar-refractivity contribution in [3.63, 3.8) is 0 Å². The van der Waals surface area contributed by atoms with Crippen molar-refractivity contribution < 1.29 is 0 Å². The van der Waals surface area contributed by atoms with Gasteiger partial charge in [0.1, 0.15) is 0 Å². The zero-order chi connectivity index (χ0) is 17.2. The minimum absolute atomic E-state index is 0.333. The molecule has 0 saturated heterocycles. The molecule has 0 aliphatic carbocycles. The third kappa shape index (κ3) is 6.42. The van der Waals surface area contributed by atoms with Gasteiger partial charge in [0.05, 0.1) is 6.54 Å². The Morgan fingerprint density at radius 1 is 1.04 bits per heavy atom. The van der Waals surface area contributed by atoms with E-state index in [9.17, 15) is 0 Å². The molecule has 0 aliphatic heterocycles. The van der Waals surface area contributed by atoms with Gasteiger partial charge in [0.25, 0.3) is 0 Å². The maximum absolute atomic E-state index is 5.96. The predicted molar refractivity (Wildman–Crippen MR) is 102 cm³/mol. The second-order valence-corrected chi connectivity index (χ2v) is 6.14. The van der Waals surface area contributed by atoms with Crippen LogP contribution in [0.5, 0.6) is 0 Å². The van der Waals surface area contributed by atoms with Crippen LogP contribution in [0, 0.1) is 0 Å². The number of hydrogen-bond acceptors (Lipinski definition) is 2. The molecular weight excluding hydrogens is 296 g/mol. The lowest BCUT2D eigenvalue weighted by molar-refractivity contribution is 0.255. The summed E-state index contributed by atoms with van der Waals surface area (Å²) in [6.07, 6.45) is 0.945. The van der Waals surface area contributed by atoms with E-state index in [0.29, 0.717) is 18.5 Å². The van der Waals surface area contributed by atoms with E-state index in [2.05, 4.69) is 77.7 Å². The molecule has 0 radical (unpaired) electrons. The molecule has 4 nitrogen and oxygen atoms in total. The Kier molecular flexibility index (Phi) is 7.30. The van der Waals surface area contributed by atoms with Crippen LogP contribution in [-0.4, -0.2) is 37.0 Å². The van der Waals surface area contributed by atoms with E-state index < -0.39 is 0 Å². The average molecular weight is 324 g/mol. The molecule has 0 saturated carbocycles. The fourth-order valence-corrected chi connectivity index (χ4v) is 2.43. The molecule has 0 aliphatic rings. The van der Waals surface area contributed by atoms with Crippen molar-refractivity contribution in [2.45, 2.75) is 25.9 Å². The zero-order valence-electron chi connectivity index (χ0n) is 14.7. The van der Waals surface area contributed by atoms with Crippen LogP contribution in [0.3, 0.4) is 0 Å². The number of aliphatic imine (C=N–C) groups is 1. The zero-order valence-corrected chi connectivity index (χ0v) is 14.7. The summed E-state index contributed by atoms with van der Waals surface area (Å²) in [5.41, 5.74) is 8.57. The van der Waals surface area contributed by atoms with E-state index in [-0.39, 0.29) is 0 Å². The lowest BCUT2D eigenvalue weighted by Crippen LogP contribution is -2.36. The molecule has 0 aromatic heterocycles. The highest BCUT2D eigenvalue weighted by molar-refractivity contribution is 5.77. The Labute approximate surface area is 145 Å². The Hall–Kier alpha value is -2.33. The maximum Gasteiger partial charge on any atom is 0.188 e. The van der Waals surface area contributed by atoms with Gasteiger partial charge in [0.15, 0.2) is 5.96 Å². The van der Waals surface area contributed by atoms with E-state index in [4.69, 9.17) is 5.73 Å². The summed E-state index contributed by atoms with van der Waals surface area (Å²) in [4.78, 5) is 6.75. The normalized spacial score (nSPS) is 13.0. The van der Waals surface area contributed by atoms with E-state index >= 15 is 0 Å². The highest BCUT2D eigenvalue weighted by Crippen LogP contribution is 2.06. The second-order valence-electron chi connectivity index (χ2n) is 6.14. The van der Waals surface area contributed by atoms with E-state index in [0.717, 1.165) is 19.5 Å². The lowest BCUT2D eigenvalue weighted by atomic mass is 10.1. The van der Waals surface area contributed by atoms with Gasteiger partial charge in [-0.15, -0.1) is 0 Å². The van der Waals surface area contributed by atoms with Gasteiger partial charge >= 0.3 is 0 Å². The van der Waals surface area contributed by atoms with Crippen LogP contribution >= 0.6 is 0 Å². The molecule has 128 valence electrons.